The molecule has 0 unspecified atom stereocenters. The van der Waals surface area contributed by atoms with E-state index < -0.39 is 9.84 Å². The summed E-state index contributed by atoms with van der Waals surface area (Å²) in [5.41, 5.74) is 0. The smallest absolute Gasteiger partial charge is 0.248 e. The fourth-order valence-electron chi connectivity index (χ4n) is 3.78. The maximum Gasteiger partial charge on any atom is 0.248 e. The van der Waals surface area contributed by atoms with E-state index in [0.29, 0.717) is 24.1 Å². The monoisotopic (exact) mass is 356 g/mol. The van der Waals surface area contributed by atoms with Crippen LogP contribution in [0.3, 0.4) is 0 Å². The van der Waals surface area contributed by atoms with Crippen molar-refractivity contribution in [1.29, 1.82) is 0 Å². The number of rotatable bonds is 4. The topological polar surface area (TPSA) is 66.8 Å². The number of amides is 1. The molecule has 0 N–H and O–H groups in total. The molecule has 3 rings (SSSR count). The van der Waals surface area contributed by atoms with Gasteiger partial charge in [-0.05, 0) is 18.8 Å². The lowest BCUT2D eigenvalue weighted by molar-refractivity contribution is -0.118. The molecule has 0 aromatic rings. The minimum absolute atomic E-state index is 0.00109. The van der Waals surface area contributed by atoms with Gasteiger partial charge >= 0.3 is 0 Å². The minimum Gasteiger partial charge on any atom is -0.342 e. The standard InChI is InChI=1S/C16H24N2O3S2/c1-2-8-18-13-10-23(20,21)11-14(13)22-16(18)17-15(19)9-12-6-4-3-5-7-12/h2,12-14H,1,3-11H2/t13-,14-/m1/s1. The number of carbonyl (C=O) groups is 1. The number of aliphatic imine (C=N–C) groups is 1. The normalized spacial score (nSPS) is 32.2. The maximum atomic E-state index is 12.3. The van der Waals surface area contributed by atoms with Crippen LogP contribution in [0.1, 0.15) is 38.5 Å². The minimum atomic E-state index is -2.97. The third kappa shape index (κ3) is 3.99. The Morgan fingerprint density at radius 1 is 1.30 bits per heavy atom. The first kappa shape index (κ1) is 17.0. The zero-order chi connectivity index (χ0) is 16.4. The van der Waals surface area contributed by atoms with E-state index in [1.54, 1.807) is 6.08 Å². The number of amidine groups is 1. The van der Waals surface area contributed by atoms with Crippen molar-refractivity contribution in [3.05, 3.63) is 12.7 Å². The first-order chi connectivity index (χ1) is 11.0. The van der Waals surface area contributed by atoms with Gasteiger partial charge in [-0.25, -0.2) is 8.42 Å². The molecule has 2 heterocycles. The van der Waals surface area contributed by atoms with Crippen molar-refractivity contribution in [3.63, 3.8) is 0 Å². The fourth-order valence-corrected chi connectivity index (χ4v) is 7.76. The zero-order valence-corrected chi connectivity index (χ0v) is 14.9. The Hall–Kier alpha value is -0.820. The summed E-state index contributed by atoms with van der Waals surface area (Å²) in [6.45, 7) is 4.28. The number of hydrogen-bond donors (Lipinski definition) is 0. The number of nitrogens with zero attached hydrogens (tertiary/aromatic N) is 2. The Kier molecular flexibility index (Phi) is 5.16. The van der Waals surface area contributed by atoms with Crippen LogP contribution in [0.2, 0.25) is 0 Å². The largest absolute Gasteiger partial charge is 0.342 e. The highest BCUT2D eigenvalue weighted by Crippen LogP contribution is 2.38. The van der Waals surface area contributed by atoms with Gasteiger partial charge in [0.25, 0.3) is 0 Å². The average Bonchev–Trinajstić information content (AvgIpc) is 2.93. The molecule has 7 heteroatoms. The van der Waals surface area contributed by atoms with E-state index in [9.17, 15) is 13.2 Å². The van der Waals surface area contributed by atoms with E-state index in [0.717, 1.165) is 12.8 Å². The Morgan fingerprint density at radius 3 is 2.74 bits per heavy atom. The Balaban J connectivity index is 1.68. The second-order valence-electron chi connectivity index (χ2n) is 6.74. The third-order valence-electron chi connectivity index (χ3n) is 4.91. The predicted octanol–water partition coefficient (Wildman–Crippen LogP) is 2.24. The summed E-state index contributed by atoms with van der Waals surface area (Å²) in [5, 5.41) is 0.691. The summed E-state index contributed by atoms with van der Waals surface area (Å²) in [7, 11) is -2.97. The van der Waals surface area contributed by atoms with Crippen LogP contribution in [0.25, 0.3) is 0 Å². The lowest BCUT2D eigenvalue weighted by atomic mass is 9.87. The van der Waals surface area contributed by atoms with Crippen LogP contribution in [0, 0.1) is 5.92 Å². The van der Waals surface area contributed by atoms with Crippen LogP contribution in [0.15, 0.2) is 17.6 Å². The summed E-state index contributed by atoms with van der Waals surface area (Å²) in [5.74, 6) is 0.760. The summed E-state index contributed by atoms with van der Waals surface area (Å²) < 4.78 is 23.6. The molecule has 3 fully saturated rings. The lowest BCUT2D eigenvalue weighted by Gasteiger charge is -2.23. The van der Waals surface area contributed by atoms with Gasteiger partial charge in [-0.1, -0.05) is 37.1 Å². The molecule has 1 amide bonds. The molecular formula is C16H24N2O3S2. The molecule has 0 aromatic heterocycles. The molecule has 1 saturated carbocycles. The Morgan fingerprint density at radius 2 is 2.04 bits per heavy atom. The number of fused-ring (bicyclic) bond motifs is 1. The quantitative estimate of drug-likeness (QED) is 0.723. The molecule has 2 saturated heterocycles. The van der Waals surface area contributed by atoms with Crippen molar-refractivity contribution < 1.29 is 13.2 Å². The lowest BCUT2D eigenvalue weighted by Crippen LogP contribution is -2.37. The first-order valence-corrected chi connectivity index (χ1v) is 11.0. The van der Waals surface area contributed by atoms with E-state index in [1.807, 2.05) is 4.90 Å². The summed E-state index contributed by atoms with van der Waals surface area (Å²) in [4.78, 5) is 18.6. The van der Waals surface area contributed by atoms with Crippen molar-refractivity contribution in [1.82, 2.24) is 4.90 Å². The zero-order valence-electron chi connectivity index (χ0n) is 13.3. The van der Waals surface area contributed by atoms with E-state index in [1.165, 1.54) is 31.0 Å². The summed E-state index contributed by atoms with van der Waals surface area (Å²) in [6.07, 6.45) is 8.24. The van der Waals surface area contributed by atoms with Crippen molar-refractivity contribution in [2.45, 2.75) is 49.8 Å². The summed E-state index contributed by atoms with van der Waals surface area (Å²) in [6, 6.07) is -0.0655. The molecule has 3 aliphatic rings. The Labute approximate surface area is 142 Å². The molecule has 0 bridgehead atoms. The van der Waals surface area contributed by atoms with Gasteiger partial charge in [0.05, 0.1) is 17.5 Å². The molecule has 2 atom stereocenters. The van der Waals surface area contributed by atoms with E-state index >= 15 is 0 Å². The summed E-state index contributed by atoms with van der Waals surface area (Å²) >= 11 is 1.45. The molecule has 5 nitrogen and oxygen atoms in total. The second-order valence-corrected chi connectivity index (χ2v) is 10.1. The highest BCUT2D eigenvalue weighted by molar-refractivity contribution is 8.15. The van der Waals surface area contributed by atoms with Crippen LogP contribution < -0.4 is 0 Å². The number of sulfone groups is 1. The van der Waals surface area contributed by atoms with Gasteiger partial charge in [0, 0.05) is 18.2 Å². The van der Waals surface area contributed by atoms with Gasteiger partial charge in [-0.2, -0.15) is 4.99 Å². The van der Waals surface area contributed by atoms with Crippen molar-refractivity contribution >= 4 is 32.7 Å². The first-order valence-electron chi connectivity index (χ1n) is 8.34. The molecule has 2 aliphatic heterocycles. The van der Waals surface area contributed by atoms with Gasteiger partial charge in [0.1, 0.15) is 0 Å². The average molecular weight is 357 g/mol. The molecule has 23 heavy (non-hydrogen) atoms. The van der Waals surface area contributed by atoms with Crippen molar-refractivity contribution in [2.24, 2.45) is 10.9 Å². The van der Waals surface area contributed by atoms with Gasteiger partial charge < -0.3 is 4.90 Å². The van der Waals surface area contributed by atoms with Crippen LogP contribution in [0.5, 0.6) is 0 Å². The van der Waals surface area contributed by atoms with Crippen LogP contribution >= 0.6 is 11.8 Å². The van der Waals surface area contributed by atoms with E-state index in [2.05, 4.69) is 11.6 Å². The van der Waals surface area contributed by atoms with Crippen LogP contribution in [-0.4, -0.2) is 53.7 Å². The number of thioether (sulfide) groups is 1. The number of hydrogen-bond acceptors (Lipinski definition) is 4. The fraction of sp³-hybridized carbons (Fsp3) is 0.750. The molecular weight excluding hydrogens is 332 g/mol. The predicted molar refractivity (Wildman–Crippen MR) is 94.4 cm³/mol. The molecule has 1 aliphatic carbocycles. The molecule has 0 radical (unpaired) electrons. The molecule has 0 spiro atoms. The second kappa shape index (κ2) is 6.97. The molecule has 128 valence electrons. The van der Waals surface area contributed by atoms with Crippen molar-refractivity contribution in [2.75, 3.05) is 18.1 Å². The maximum absolute atomic E-state index is 12.3. The van der Waals surface area contributed by atoms with E-state index in [4.69, 9.17) is 0 Å². The third-order valence-corrected chi connectivity index (χ3v) is 8.16. The molecule has 0 aromatic carbocycles. The SMILES string of the molecule is C=CCN1C(=NC(=O)CC2CCCCC2)S[C@@H]2CS(=O)(=O)C[C@H]21. The van der Waals surface area contributed by atoms with Gasteiger partial charge in [0.2, 0.25) is 5.91 Å². The van der Waals surface area contributed by atoms with E-state index in [-0.39, 0.29) is 28.7 Å². The van der Waals surface area contributed by atoms with Gasteiger partial charge in [-0.15, -0.1) is 6.58 Å². The highest BCUT2D eigenvalue weighted by atomic mass is 32.2. The van der Waals surface area contributed by atoms with Crippen LogP contribution in [0.4, 0.5) is 0 Å². The number of carbonyl (C=O) groups excluding carboxylic acids is 1. The highest BCUT2D eigenvalue weighted by Gasteiger charge is 2.48. The van der Waals surface area contributed by atoms with Gasteiger partial charge in [-0.3, -0.25) is 4.79 Å². The van der Waals surface area contributed by atoms with Gasteiger partial charge in [0.15, 0.2) is 15.0 Å². The Bertz CT molecular complexity index is 609. The van der Waals surface area contributed by atoms with Crippen LogP contribution in [-0.2, 0) is 14.6 Å². The van der Waals surface area contributed by atoms with Crippen molar-refractivity contribution in [3.8, 4) is 0 Å².